The summed E-state index contributed by atoms with van der Waals surface area (Å²) in [5.41, 5.74) is 4.70. The predicted molar refractivity (Wildman–Crippen MR) is 99.4 cm³/mol. The lowest BCUT2D eigenvalue weighted by molar-refractivity contribution is -0.662. The zero-order valence-corrected chi connectivity index (χ0v) is 15.5. The number of imidazole rings is 1. The van der Waals surface area contributed by atoms with Gasteiger partial charge in [0.2, 0.25) is 0 Å². The van der Waals surface area contributed by atoms with Crippen LogP contribution in [0.4, 0.5) is 11.6 Å². The third-order valence-electron chi connectivity index (χ3n) is 4.52. The highest BCUT2D eigenvalue weighted by Gasteiger charge is 2.32. The van der Waals surface area contributed by atoms with E-state index in [-0.39, 0.29) is 0 Å². The van der Waals surface area contributed by atoms with Crippen molar-refractivity contribution in [3.8, 4) is 0 Å². The van der Waals surface area contributed by atoms with Crippen molar-refractivity contribution in [2.24, 2.45) is 0 Å². The molecule has 0 fully saturated rings. The van der Waals surface area contributed by atoms with Crippen molar-refractivity contribution in [1.82, 2.24) is 4.98 Å². The van der Waals surface area contributed by atoms with E-state index in [1.807, 2.05) is 6.07 Å². The van der Waals surface area contributed by atoms with Crippen LogP contribution in [0.2, 0.25) is 5.02 Å². The molecule has 0 atom stereocenters. The van der Waals surface area contributed by atoms with Gasteiger partial charge in [-0.3, -0.25) is 4.79 Å². The van der Waals surface area contributed by atoms with Gasteiger partial charge in [-0.25, -0.2) is 14.5 Å². The number of anilines is 2. The molecule has 1 aliphatic heterocycles. The second-order valence-corrected chi connectivity index (χ2v) is 7.34. The van der Waals surface area contributed by atoms with Gasteiger partial charge in [0.25, 0.3) is 0 Å². The lowest BCUT2D eigenvalue weighted by atomic mass is 10.1. The Labute approximate surface area is 153 Å². The minimum Gasteiger partial charge on any atom is -0.298 e. The maximum atomic E-state index is 11.5. The molecule has 2 aromatic carbocycles. The van der Waals surface area contributed by atoms with Gasteiger partial charge in [-0.1, -0.05) is 27.5 Å². The maximum absolute atomic E-state index is 11.5. The smallest absolute Gasteiger partial charge is 0.298 e. The van der Waals surface area contributed by atoms with Crippen molar-refractivity contribution in [3.05, 3.63) is 51.0 Å². The van der Waals surface area contributed by atoms with Crippen molar-refractivity contribution in [2.45, 2.75) is 19.9 Å². The Morgan fingerprint density at radius 2 is 2.17 bits per heavy atom. The van der Waals surface area contributed by atoms with Gasteiger partial charge in [-0.2, -0.15) is 0 Å². The first-order valence-corrected chi connectivity index (χ1v) is 9.00. The largest absolute Gasteiger partial charge is 0.363 e. The number of H-pyrrole nitrogens is 1. The summed E-state index contributed by atoms with van der Waals surface area (Å²) in [6, 6.07) is 9.82. The number of carbonyl (C=O) groups excluding carboxylic acids is 1. The van der Waals surface area contributed by atoms with Crippen LogP contribution >= 0.6 is 27.5 Å². The molecule has 0 unspecified atom stereocenters. The molecular formula is C18H16BrClN3O+. The van der Waals surface area contributed by atoms with Crippen molar-refractivity contribution in [2.75, 3.05) is 11.4 Å². The van der Waals surface area contributed by atoms with Crippen LogP contribution in [0.15, 0.2) is 34.8 Å². The third kappa shape index (κ3) is 2.34. The van der Waals surface area contributed by atoms with Crippen molar-refractivity contribution < 1.29 is 9.36 Å². The van der Waals surface area contributed by atoms with E-state index in [1.165, 1.54) is 5.56 Å². The van der Waals surface area contributed by atoms with E-state index in [2.05, 4.69) is 49.4 Å². The van der Waals surface area contributed by atoms with Crippen molar-refractivity contribution in [1.29, 1.82) is 0 Å². The third-order valence-corrected chi connectivity index (χ3v) is 5.32. The number of aromatic amines is 1. The highest BCUT2D eigenvalue weighted by atomic mass is 79.9. The standard InChI is InChI=1S/C18H15BrClN3O/c1-11-9-13(19)4-6-15(11)22-7-2-8-23-17-12(10-24)3-5-14(20)16(17)21-18(22)23/h3-6,9-10H,2,7-8H2,1H3/p+1. The average Bonchev–Trinajstić information content (AvgIpc) is 2.96. The average molecular weight is 406 g/mol. The summed E-state index contributed by atoms with van der Waals surface area (Å²) in [5.74, 6) is 0.970. The Morgan fingerprint density at radius 1 is 1.33 bits per heavy atom. The lowest BCUT2D eigenvalue weighted by Gasteiger charge is -2.23. The number of hydrogen-bond acceptors (Lipinski definition) is 2. The SMILES string of the molecule is Cc1cc(Br)ccc1N1CCC[n+]2c1[nH]c1c(Cl)ccc(C=O)c12. The fraction of sp³-hybridized carbons (Fsp3) is 0.222. The number of nitrogens with zero attached hydrogens (tertiary/aromatic N) is 2. The van der Waals surface area contributed by atoms with Crippen LogP contribution in [-0.2, 0) is 6.54 Å². The van der Waals surface area contributed by atoms with Gasteiger partial charge in [0, 0.05) is 10.9 Å². The molecule has 24 heavy (non-hydrogen) atoms. The normalized spacial score (nSPS) is 14.0. The Bertz CT molecular complexity index is 967. The predicted octanol–water partition coefficient (Wildman–Crippen LogP) is 4.53. The lowest BCUT2D eigenvalue weighted by Crippen LogP contribution is -2.45. The van der Waals surface area contributed by atoms with Gasteiger partial charge in [0.05, 0.1) is 23.7 Å². The van der Waals surface area contributed by atoms with Crippen molar-refractivity contribution in [3.63, 3.8) is 0 Å². The number of aldehydes is 1. The van der Waals surface area contributed by atoms with Crippen LogP contribution < -0.4 is 9.47 Å². The number of benzene rings is 2. The van der Waals surface area contributed by atoms with E-state index >= 15 is 0 Å². The van der Waals surface area contributed by atoms with Gasteiger partial charge < -0.3 is 0 Å². The highest BCUT2D eigenvalue weighted by Crippen LogP contribution is 2.33. The van der Waals surface area contributed by atoms with Crippen LogP contribution in [0.5, 0.6) is 0 Å². The van der Waals surface area contributed by atoms with Crippen molar-refractivity contribution >= 4 is 56.5 Å². The molecule has 2 heterocycles. The Morgan fingerprint density at radius 3 is 2.92 bits per heavy atom. The molecule has 122 valence electrons. The first-order chi connectivity index (χ1) is 11.6. The fourth-order valence-corrected chi connectivity index (χ4v) is 4.13. The summed E-state index contributed by atoms with van der Waals surface area (Å²) in [6.45, 7) is 3.89. The minimum atomic E-state index is 0.630. The molecule has 4 rings (SSSR count). The van der Waals surface area contributed by atoms with Crippen LogP contribution in [0, 0.1) is 6.92 Å². The van der Waals surface area contributed by atoms with Crippen LogP contribution in [0.25, 0.3) is 11.0 Å². The molecule has 0 saturated heterocycles. The second kappa shape index (κ2) is 5.90. The number of fused-ring (bicyclic) bond motifs is 3. The fourth-order valence-electron chi connectivity index (χ4n) is 3.45. The van der Waals surface area contributed by atoms with Crippen LogP contribution in [-0.4, -0.2) is 17.8 Å². The number of nitrogens with one attached hydrogen (secondary N) is 1. The van der Waals surface area contributed by atoms with Gasteiger partial charge in [-0.15, -0.1) is 0 Å². The maximum Gasteiger partial charge on any atom is 0.363 e. The molecule has 4 nitrogen and oxygen atoms in total. The summed E-state index contributed by atoms with van der Waals surface area (Å²) >= 11 is 9.89. The monoisotopic (exact) mass is 404 g/mol. The molecule has 0 spiro atoms. The number of carbonyl (C=O) groups is 1. The molecule has 1 aromatic heterocycles. The van der Waals surface area contributed by atoms with E-state index < -0.39 is 0 Å². The molecule has 3 aromatic rings. The van der Waals surface area contributed by atoms with Gasteiger partial charge >= 0.3 is 5.95 Å². The molecule has 0 aliphatic carbocycles. The number of aryl methyl sites for hydroxylation is 2. The molecule has 1 aliphatic rings. The second-order valence-electron chi connectivity index (χ2n) is 6.01. The van der Waals surface area contributed by atoms with Crippen LogP contribution in [0.3, 0.4) is 0 Å². The van der Waals surface area contributed by atoms with E-state index in [0.29, 0.717) is 10.6 Å². The Balaban J connectivity index is 1.97. The summed E-state index contributed by atoms with van der Waals surface area (Å²) in [5, 5.41) is 0.630. The number of rotatable bonds is 2. The van der Waals surface area contributed by atoms with Gasteiger partial charge in [-0.05, 0) is 42.8 Å². The Hall–Kier alpha value is -1.85. The highest BCUT2D eigenvalue weighted by molar-refractivity contribution is 9.10. The number of halogens is 2. The molecule has 0 saturated carbocycles. The molecule has 1 N–H and O–H groups in total. The topological polar surface area (TPSA) is 40.0 Å². The summed E-state index contributed by atoms with van der Waals surface area (Å²) < 4.78 is 3.23. The Kier molecular flexibility index (Phi) is 3.85. The molecule has 0 bridgehead atoms. The molecular weight excluding hydrogens is 390 g/mol. The number of aromatic nitrogens is 2. The molecule has 0 amide bonds. The first-order valence-electron chi connectivity index (χ1n) is 7.83. The first kappa shape index (κ1) is 15.7. The zero-order chi connectivity index (χ0) is 16.8. The number of hydrogen-bond donors (Lipinski definition) is 1. The minimum absolute atomic E-state index is 0.630. The van der Waals surface area contributed by atoms with Crippen LogP contribution in [0.1, 0.15) is 22.3 Å². The summed E-state index contributed by atoms with van der Waals surface area (Å²) in [6.07, 6.45) is 1.90. The van der Waals surface area contributed by atoms with E-state index in [4.69, 9.17) is 11.6 Å². The summed E-state index contributed by atoms with van der Waals surface area (Å²) in [4.78, 5) is 17.2. The van der Waals surface area contributed by atoms with Gasteiger partial charge in [0.1, 0.15) is 5.69 Å². The zero-order valence-electron chi connectivity index (χ0n) is 13.1. The quantitative estimate of drug-likeness (QED) is 0.502. The van der Waals surface area contributed by atoms with E-state index in [0.717, 1.165) is 52.9 Å². The molecule has 6 heteroatoms. The summed E-state index contributed by atoms with van der Waals surface area (Å²) in [7, 11) is 0. The molecule has 0 radical (unpaired) electrons. The van der Waals surface area contributed by atoms with Gasteiger partial charge in [0.15, 0.2) is 17.3 Å². The van der Waals surface area contributed by atoms with E-state index in [9.17, 15) is 4.79 Å². The van der Waals surface area contributed by atoms with E-state index in [1.54, 1.807) is 12.1 Å².